The third-order valence-corrected chi connectivity index (χ3v) is 5.57. The molecule has 0 aliphatic carbocycles. The first-order valence-electron chi connectivity index (χ1n) is 8.89. The van der Waals surface area contributed by atoms with Crippen molar-refractivity contribution in [3.05, 3.63) is 59.7 Å². The summed E-state index contributed by atoms with van der Waals surface area (Å²) < 4.78 is 53.8. The van der Waals surface area contributed by atoms with Crippen molar-refractivity contribution >= 4 is 18.4 Å². The molecule has 2 rings (SSSR count). The minimum Gasteiger partial charge on any atom is -0.746 e. The molecule has 0 heterocycles. The van der Waals surface area contributed by atoms with Crippen LogP contribution in [0.2, 0.25) is 0 Å². The number of benzene rings is 2. The van der Waals surface area contributed by atoms with Gasteiger partial charge in [-0.3, -0.25) is 0 Å². The van der Waals surface area contributed by atoms with E-state index in [9.17, 15) is 22.4 Å². The summed E-state index contributed by atoms with van der Waals surface area (Å²) in [5.74, 6) is 1.34. The van der Waals surface area contributed by atoms with Crippen molar-refractivity contribution in [2.75, 3.05) is 0 Å². The van der Waals surface area contributed by atoms with Crippen LogP contribution in [0.15, 0.2) is 48.5 Å². The fraction of sp³-hybridized carbons (Fsp3) is 0.368. The molecule has 0 amide bonds. The van der Waals surface area contributed by atoms with Gasteiger partial charge in [-0.1, -0.05) is 37.6 Å². The van der Waals surface area contributed by atoms with E-state index in [-0.39, 0.29) is 116 Å². The van der Waals surface area contributed by atoms with Crippen LogP contribution in [0.5, 0.6) is 11.5 Å². The van der Waals surface area contributed by atoms with Gasteiger partial charge in [0.2, 0.25) is 5.44 Å². The summed E-state index contributed by atoms with van der Waals surface area (Å²) in [6, 6.07) is 15.1. The second kappa shape index (κ2) is 16.1. The van der Waals surface area contributed by atoms with E-state index in [1.165, 1.54) is 5.56 Å². The first kappa shape index (κ1) is 31.4. The van der Waals surface area contributed by atoms with Crippen LogP contribution in [0.25, 0.3) is 0 Å². The Morgan fingerprint density at radius 2 is 1.67 bits per heavy atom. The molecule has 0 aliphatic heterocycles. The maximum Gasteiger partial charge on any atom is 1.00 e. The smallest absolute Gasteiger partial charge is 0.746 e. The van der Waals surface area contributed by atoms with E-state index in [4.69, 9.17) is 4.74 Å². The number of ether oxygens (including phenoxy) is 1. The zero-order valence-corrected chi connectivity index (χ0v) is 25.4. The van der Waals surface area contributed by atoms with Crippen LogP contribution in [0.1, 0.15) is 37.3 Å². The Morgan fingerprint density at radius 3 is 2.23 bits per heavy atom. The molecular formula is C19H22K2O7PS+. The van der Waals surface area contributed by atoms with Gasteiger partial charge in [-0.25, -0.2) is 8.42 Å². The SMILES string of the molecule is CCCc1ccc(Oc2cccc(CCCC(O[P+](=O)[O-])S(=O)(=O)[O-])c2)cc1.[K+].[K+]. The van der Waals surface area contributed by atoms with Gasteiger partial charge in [0.15, 0.2) is 0 Å². The molecule has 0 aromatic heterocycles. The average Bonchev–Trinajstić information content (AvgIpc) is 2.62. The van der Waals surface area contributed by atoms with Gasteiger partial charge in [-0.05, 0) is 65.6 Å². The Hall–Kier alpha value is 1.44. The fourth-order valence-electron chi connectivity index (χ4n) is 2.73. The zero-order valence-electron chi connectivity index (χ0n) is 17.4. The Bertz CT molecular complexity index is 892. The zero-order chi connectivity index (χ0) is 20.6. The van der Waals surface area contributed by atoms with Crippen molar-refractivity contribution in [2.45, 2.75) is 44.5 Å². The fourth-order valence-corrected chi connectivity index (χ4v) is 4.12. The van der Waals surface area contributed by atoms with Gasteiger partial charge in [0, 0.05) is 0 Å². The minimum atomic E-state index is -4.85. The minimum absolute atomic E-state index is 0. The van der Waals surface area contributed by atoms with Crippen LogP contribution in [0.3, 0.4) is 0 Å². The summed E-state index contributed by atoms with van der Waals surface area (Å²) in [7, 11) is -8.26. The number of rotatable bonds is 11. The first-order chi connectivity index (χ1) is 13.3. The molecule has 0 spiro atoms. The molecule has 0 aliphatic rings. The van der Waals surface area contributed by atoms with Gasteiger partial charge in [-0.2, -0.15) is 0 Å². The van der Waals surface area contributed by atoms with E-state index in [1.807, 2.05) is 42.5 Å². The van der Waals surface area contributed by atoms with Crippen molar-refractivity contribution in [1.82, 2.24) is 0 Å². The van der Waals surface area contributed by atoms with Crippen molar-refractivity contribution in [3.63, 3.8) is 0 Å². The van der Waals surface area contributed by atoms with Crippen molar-refractivity contribution in [2.24, 2.45) is 0 Å². The molecule has 0 bridgehead atoms. The third-order valence-electron chi connectivity index (χ3n) is 4.03. The largest absolute Gasteiger partial charge is 1.00 e. The van der Waals surface area contributed by atoms with E-state index in [0.29, 0.717) is 17.9 Å². The second-order valence-corrected chi connectivity index (χ2v) is 8.46. The van der Waals surface area contributed by atoms with Crippen LogP contribution in [-0.2, 0) is 32.0 Å². The average molecular weight is 504 g/mol. The van der Waals surface area contributed by atoms with Crippen molar-refractivity contribution in [3.8, 4) is 11.5 Å². The molecule has 0 saturated carbocycles. The van der Waals surface area contributed by atoms with Gasteiger partial charge in [0.1, 0.15) is 21.6 Å². The summed E-state index contributed by atoms with van der Waals surface area (Å²) in [6.45, 7) is 2.12. The quantitative estimate of drug-likeness (QED) is 0.192. The molecule has 0 fully saturated rings. The van der Waals surface area contributed by atoms with Crippen LogP contribution in [0, 0.1) is 0 Å². The normalized spacial score (nSPS) is 12.3. The Balaban J connectivity index is 0.00000420. The maximum atomic E-state index is 11.1. The third kappa shape index (κ3) is 12.1. The summed E-state index contributed by atoms with van der Waals surface area (Å²) in [6.07, 6.45) is 2.59. The van der Waals surface area contributed by atoms with Gasteiger partial charge in [-0.15, -0.1) is 4.52 Å². The molecule has 2 aromatic carbocycles. The van der Waals surface area contributed by atoms with E-state index >= 15 is 0 Å². The Kier molecular flexibility index (Phi) is 16.9. The van der Waals surface area contributed by atoms with Crippen LogP contribution in [0.4, 0.5) is 0 Å². The molecule has 0 saturated heterocycles. The monoisotopic (exact) mass is 503 g/mol. The topological polar surface area (TPSA) is 116 Å². The Labute approximate surface area is 263 Å². The maximum absolute atomic E-state index is 11.1. The molecule has 2 unspecified atom stereocenters. The van der Waals surface area contributed by atoms with Crippen LogP contribution in [-0.4, -0.2) is 18.4 Å². The van der Waals surface area contributed by atoms with Gasteiger partial charge >= 0.3 is 111 Å². The molecule has 11 heteroatoms. The van der Waals surface area contributed by atoms with Gasteiger partial charge < -0.3 is 14.2 Å². The van der Waals surface area contributed by atoms with Crippen molar-refractivity contribution in [1.29, 1.82) is 0 Å². The summed E-state index contributed by atoms with van der Waals surface area (Å²) in [5.41, 5.74) is 0.219. The molecule has 30 heavy (non-hydrogen) atoms. The predicted octanol–water partition coefficient (Wildman–Crippen LogP) is -2.33. The van der Waals surface area contributed by atoms with Gasteiger partial charge in [0.25, 0.3) is 0 Å². The molecular weight excluding hydrogens is 481 g/mol. The van der Waals surface area contributed by atoms with Crippen LogP contribution >= 0.6 is 8.25 Å². The first-order valence-corrected chi connectivity index (χ1v) is 11.5. The van der Waals surface area contributed by atoms with E-state index in [2.05, 4.69) is 11.4 Å². The number of hydrogen-bond donors (Lipinski definition) is 0. The molecule has 0 radical (unpaired) electrons. The van der Waals surface area contributed by atoms with Gasteiger partial charge in [0.05, 0.1) is 0 Å². The van der Waals surface area contributed by atoms with Crippen molar-refractivity contribution < 1.29 is 134 Å². The molecule has 152 valence electrons. The number of hydrogen-bond acceptors (Lipinski definition) is 7. The van der Waals surface area contributed by atoms with Crippen LogP contribution < -0.4 is 112 Å². The summed E-state index contributed by atoms with van der Waals surface area (Å²) in [4.78, 5) is 10.6. The molecule has 7 nitrogen and oxygen atoms in total. The second-order valence-electron chi connectivity index (χ2n) is 6.29. The molecule has 0 N–H and O–H groups in total. The van der Waals surface area contributed by atoms with E-state index < -0.39 is 23.8 Å². The summed E-state index contributed by atoms with van der Waals surface area (Å²) >= 11 is 0. The molecule has 2 atom stereocenters. The van der Waals surface area contributed by atoms with E-state index in [0.717, 1.165) is 18.4 Å². The predicted molar refractivity (Wildman–Crippen MR) is 102 cm³/mol. The Morgan fingerprint density at radius 1 is 1.00 bits per heavy atom. The standard InChI is InChI=1S/C19H23O7PS.2K/c1-2-5-15-10-12-17(13-11-15)25-18-8-3-6-16(14-18)7-4-9-19(26-27(20)21)28(22,23)24;;/h3,6,8,10-14,19H,2,4-5,7,9H2,1H3,(H,22,23,24);;/q;2*+1/p-1. The summed E-state index contributed by atoms with van der Waals surface area (Å²) in [5, 5.41) is 0. The number of aryl methyl sites for hydroxylation is 2. The van der Waals surface area contributed by atoms with E-state index in [1.54, 1.807) is 6.07 Å². The molecule has 2 aromatic rings.